The predicted molar refractivity (Wildman–Crippen MR) is 114 cm³/mol. The van der Waals surface area contributed by atoms with E-state index >= 15 is 0 Å². The minimum Gasteiger partial charge on any atom is -0.497 e. The first-order valence-electron chi connectivity index (χ1n) is 8.93. The summed E-state index contributed by atoms with van der Waals surface area (Å²) in [6, 6.07) is 16.5. The lowest BCUT2D eigenvalue weighted by Gasteiger charge is -2.13. The molecule has 0 N–H and O–H groups in total. The number of aryl methyl sites for hydroxylation is 1. The van der Waals surface area contributed by atoms with Crippen molar-refractivity contribution >= 4 is 34.1 Å². The van der Waals surface area contributed by atoms with E-state index in [1.54, 1.807) is 7.11 Å². The van der Waals surface area contributed by atoms with Gasteiger partial charge in [-0.15, -0.1) is 12.4 Å². The molecule has 0 fully saturated rings. The summed E-state index contributed by atoms with van der Waals surface area (Å²) in [4.78, 5) is 4.96. The second-order valence-electron chi connectivity index (χ2n) is 6.86. The average Bonchev–Trinajstić information content (AvgIpc) is 3.16. The van der Waals surface area contributed by atoms with Crippen LogP contribution in [0.15, 0.2) is 48.5 Å². The van der Waals surface area contributed by atoms with Gasteiger partial charge in [-0.2, -0.15) is 0 Å². The van der Waals surface area contributed by atoms with Crippen molar-refractivity contribution in [2.45, 2.75) is 13.8 Å². The van der Waals surface area contributed by atoms with Crippen LogP contribution in [-0.4, -0.2) is 18.9 Å². The molecule has 0 aliphatic carbocycles. The van der Waals surface area contributed by atoms with E-state index in [4.69, 9.17) is 19.2 Å². The third-order valence-electron chi connectivity index (χ3n) is 5.37. The van der Waals surface area contributed by atoms with Crippen molar-refractivity contribution in [1.82, 2.24) is 4.98 Å². The number of ether oxygens (including phenoxy) is 3. The van der Waals surface area contributed by atoms with E-state index in [1.807, 2.05) is 24.3 Å². The molecule has 2 heterocycles. The van der Waals surface area contributed by atoms with Gasteiger partial charge in [0.15, 0.2) is 11.5 Å². The Labute approximate surface area is 169 Å². The Morgan fingerprint density at radius 1 is 0.857 bits per heavy atom. The fraction of sp³-hybridized carbons (Fsp3) is 0.174. The summed E-state index contributed by atoms with van der Waals surface area (Å²) in [6.45, 7) is 4.53. The van der Waals surface area contributed by atoms with Gasteiger partial charge in [0.1, 0.15) is 5.75 Å². The zero-order chi connectivity index (χ0) is 18.5. The molecule has 1 aliphatic heterocycles. The highest BCUT2D eigenvalue weighted by atomic mass is 35.5. The Morgan fingerprint density at radius 2 is 1.57 bits per heavy atom. The van der Waals surface area contributed by atoms with Gasteiger partial charge < -0.3 is 14.2 Å². The van der Waals surface area contributed by atoms with Crippen LogP contribution >= 0.6 is 12.4 Å². The number of pyridine rings is 1. The molecule has 0 spiro atoms. The Hall–Kier alpha value is -2.98. The molecule has 0 unspecified atom stereocenters. The molecule has 142 valence electrons. The second-order valence-corrected chi connectivity index (χ2v) is 6.86. The summed E-state index contributed by atoms with van der Waals surface area (Å²) in [5.74, 6) is 2.41. The Kier molecular flexibility index (Phi) is 4.52. The number of rotatable bonds is 2. The van der Waals surface area contributed by atoms with E-state index in [0.29, 0.717) is 0 Å². The van der Waals surface area contributed by atoms with Crippen molar-refractivity contribution < 1.29 is 14.2 Å². The van der Waals surface area contributed by atoms with E-state index in [-0.39, 0.29) is 19.2 Å². The molecule has 4 nitrogen and oxygen atoms in total. The molecular weight excluding hydrogens is 374 g/mol. The fourth-order valence-corrected chi connectivity index (χ4v) is 3.69. The van der Waals surface area contributed by atoms with Crippen LogP contribution < -0.4 is 14.2 Å². The molecule has 4 aromatic rings. The summed E-state index contributed by atoms with van der Waals surface area (Å²) in [5, 5.41) is 3.42. The van der Waals surface area contributed by atoms with E-state index in [9.17, 15) is 0 Å². The van der Waals surface area contributed by atoms with Gasteiger partial charge in [-0.05, 0) is 60.0 Å². The van der Waals surface area contributed by atoms with Crippen molar-refractivity contribution in [3.63, 3.8) is 0 Å². The lowest BCUT2D eigenvalue weighted by Crippen LogP contribution is -1.95. The van der Waals surface area contributed by atoms with Crippen LogP contribution in [0.1, 0.15) is 11.1 Å². The number of aromatic nitrogens is 1. The highest BCUT2D eigenvalue weighted by Crippen LogP contribution is 2.39. The second kappa shape index (κ2) is 6.88. The van der Waals surface area contributed by atoms with Gasteiger partial charge in [-0.3, -0.25) is 0 Å². The molecule has 1 aromatic heterocycles. The summed E-state index contributed by atoms with van der Waals surface area (Å²) >= 11 is 0. The maximum atomic E-state index is 5.53. The van der Waals surface area contributed by atoms with Gasteiger partial charge in [0.2, 0.25) is 6.79 Å². The first kappa shape index (κ1) is 18.4. The van der Waals surface area contributed by atoms with Crippen LogP contribution in [0, 0.1) is 13.8 Å². The van der Waals surface area contributed by atoms with Crippen molar-refractivity contribution in [2.75, 3.05) is 13.9 Å². The number of hydrogen-bond acceptors (Lipinski definition) is 4. The van der Waals surface area contributed by atoms with Gasteiger partial charge in [0.25, 0.3) is 0 Å². The maximum absolute atomic E-state index is 5.53. The van der Waals surface area contributed by atoms with Gasteiger partial charge in [-0.25, -0.2) is 4.98 Å². The molecule has 1 aliphatic rings. The van der Waals surface area contributed by atoms with E-state index in [0.717, 1.165) is 50.2 Å². The van der Waals surface area contributed by atoms with Crippen molar-refractivity contribution in [3.05, 3.63) is 59.7 Å². The van der Waals surface area contributed by atoms with Crippen LogP contribution in [0.2, 0.25) is 0 Å². The number of nitrogens with zero attached hydrogens (tertiary/aromatic N) is 1. The molecule has 0 saturated heterocycles. The maximum Gasteiger partial charge on any atom is 0.231 e. The number of halogens is 1. The quantitative estimate of drug-likeness (QED) is 0.429. The number of fused-ring (bicyclic) bond motifs is 3. The van der Waals surface area contributed by atoms with Crippen molar-refractivity contribution in [2.24, 2.45) is 0 Å². The van der Waals surface area contributed by atoms with E-state index in [1.165, 1.54) is 11.1 Å². The summed E-state index contributed by atoms with van der Waals surface area (Å²) < 4.78 is 16.4. The first-order valence-corrected chi connectivity index (χ1v) is 8.93. The fourth-order valence-electron chi connectivity index (χ4n) is 3.69. The smallest absolute Gasteiger partial charge is 0.231 e. The zero-order valence-corrected chi connectivity index (χ0v) is 16.7. The Bertz CT molecular complexity index is 1220. The number of hydrogen-bond donors (Lipinski definition) is 0. The summed E-state index contributed by atoms with van der Waals surface area (Å²) in [7, 11) is 1.69. The minimum atomic E-state index is 0. The molecule has 0 saturated carbocycles. The molecule has 0 atom stereocenters. The molecule has 28 heavy (non-hydrogen) atoms. The summed E-state index contributed by atoms with van der Waals surface area (Å²) in [5.41, 5.74) is 5.41. The molecule has 5 heteroatoms. The average molecular weight is 394 g/mol. The zero-order valence-electron chi connectivity index (χ0n) is 15.9. The third-order valence-corrected chi connectivity index (χ3v) is 5.37. The van der Waals surface area contributed by atoms with E-state index < -0.39 is 0 Å². The van der Waals surface area contributed by atoms with Crippen LogP contribution in [0.5, 0.6) is 17.2 Å². The van der Waals surface area contributed by atoms with E-state index in [2.05, 4.69) is 38.1 Å². The Balaban J connectivity index is 0.00000192. The molecule has 3 aromatic carbocycles. The highest BCUT2D eigenvalue weighted by Gasteiger charge is 2.18. The molecule has 0 amide bonds. The van der Waals surface area contributed by atoms with Gasteiger partial charge in [0.05, 0.1) is 18.3 Å². The summed E-state index contributed by atoms with van der Waals surface area (Å²) in [6.07, 6.45) is 0. The lowest BCUT2D eigenvalue weighted by molar-refractivity contribution is 0.174. The van der Waals surface area contributed by atoms with Crippen LogP contribution in [-0.2, 0) is 0 Å². The Morgan fingerprint density at radius 3 is 2.36 bits per heavy atom. The molecule has 0 bridgehead atoms. The standard InChI is InChI=1S/C23H19NO3.ClH/c1-13-14(2)23(24-20-11-22-21(10-19(13)20)26-12-27-22)17-5-4-16-9-18(25-3)7-6-15(16)8-17;/h4-11H,12H2,1-3H3;1H. The van der Waals surface area contributed by atoms with Crippen LogP contribution in [0.25, 0.3) is 32.9 Å². The number of benzene rings is 3. The SMILES string of the molecule is COc1ccc2cc(-c3nc4cc5c(cc4c(C)c3C)OCO5)ccc2c1.Cl. The van der Waals surface area contributed by atoms with Gasteiger partial charge in [-0.1, -0.05) is 18.2 Å². The highest BCUT2D eigenvalue weighted by molar-refractivity contribution is 5.92. The van der Waals surface area contributed by atoms with Gasteiger partial charge in [0, 0.05) is 17.0 Å². The van der Waals surface area contributed by atoms with Crippen molar-refractivity contribution in [1.29, 1.82) is 0 Å². The molecule has 0 radical (unpaired) electrons. The largest absolute Gasteiger partial charge is 0.497 e. The monoisotopic (exact) mass is 393 g/mol. The van der Waals surface area contributed by atoms with Crippen LogP contribution in [0.3, 0.4) is 0 Å². The first-order chi connectivity index (χ1) is 13.1. The molecular formula is C23H20ClNO3. The van der Waals surface area contributed by atoms with Crippen molar-refractivity contribution in [3.8, 4) is 28.5 Å². The predicted octanol–water partition coefficient (Wildman–Crippen LogP) is 5.83. The molecule has 5 rings (SSSR count). The minimum absolute atomic E-state index is 0. The third kappa shape index (κ3) is 2.81. The van der Waals surface area contributed by atoms with Gasteiger partial charge >= 0.3 is 0 Å². The lowest BCUT2D eigenvalue weighted by atomic mass is 9.97. The van der Waals surface area contributed by atoms with Crippen LogP contribution in [0.4, 0.5) is 0 Å². The number of methoxy groups -OCH3 is 1. The normalized spacial score (nSPS) is 12.2. The topological polar surface area (TPSA) is 40.6 Å².